The largest absolute Gasteiger partial charge is 0.427 e. The molecule has 2 heterocycles. The number of rotatable bonds is 3. The van der Waals surface area contributed by atoms with Crippen LogP contribution in [0.1, 0.15) is 39.0 Å². The molecule has 2 rings (SSSR count). The maximum atomic E-state index is 6.07. The van der Waals surface area contributed by atoms with E-state index in [1.165, 1.54) is 38.6 Å². The Morgan fingerprint density at radius 1 is 1.40 bits per heavy atom. The zero-order valence-corrected chi connectivity index (χ0v) is 11.0. The zero-order valence-electron chi connectivity index (χ0n) is 10.00. The van der Waals surface area contributed by atoms with Gasteiger partial charge in [-0.15, -0.1) is 0 Å². The van der Waals surface area contributed by atoms with E-state index in [1.807, 2.05) is 7.11 Å². The first kappa shape index (κ1) is 11.6. The Morgan fingerprint density at radius 2 is 2.27 bits per heavy atom. The Morgan fingerprint density at radius 3 is 3.00 bits per heavy atom. The minimum Gasteiger partial charge on any atom is -0.386 e. The molecule has 2 aliphatic heterocycles. The van der Waals surface area contributed by atoms with E-state index in [2.05, 4.69) is 11.5 Å². The van der Waals surface area contributed by atoms with E-state index in [1.54, 1.807) is 0 Å². The van der Waals surface area contributed by atoms with Crippen LogP contribution in [0.15, 0.2) is 0 Å². The van der Waals surface area contributed by atoms with Crippen molar-refractivity contribution in [3.63, 3.8) is 0 Å². The average molecular weight is 229 g/mol. The van der Waals surface area contributed by atoms with E-state index in [4.69, 9.17) is 8.85 Å². The summed E-state index contributed by atoms with van der Waals surface area (Å²) in [4.78, 5) is 0. The fraction of sp³-hybridized carbons (Fsp3) is 1.00. The number of hydrogen-bond donors (Lipinski definition) is 0. The van der Waals surface area contributed by atoms with Crippen molar-refractivity contribution < 1.29 is 8.85 Å². The first-order valence-corrected chi connectivity index (χ1v) is 8.25. The van der Waals surface area contributed by atoms with Crippen molar-refractivity contribution in [1.29, 1.82) is 0 Å². The highest BCUT2D eigenvalue weighted by Gasteiger charge is 2.49. The summed E-state index contributed by atoms with van der Waals surface area (Å²) >= 11 is 0. The molecule has 2 unspecified atom stereocenters. The summed E-state index contributed by atoms with van der Waals surface area (Å²) in [7, 11) is -0.139. The van der Waals surface area contributed by atoms with Crippen LogP contribution >= 0.6 is 0 Å². The molecule has 0 aromatic heterocycles. The highest BCUT2D eigenvalue weighted by atomic mass is 28.4. The lowest BCUT2D eigenvalue weighted by atomic mass is 10.0. The molecule has 2 fully saturated rings. The van der Waals surface area contributed by atoms with Crippen molar-refractivity contribution in [3.8, 4) is 0 Å². The molecule has 0 aliphatic carbocycles. The van der Waals surface area contributed by atoms with Crippen molar-refractivity contribution in [1.82, 2.24) is 4.57 Å². The van der Waals surface area contributed by atoms with Crippen molar-refractivity contribution in [2.75, 3.05) is 20.3 Å². The molecule has 0 amide bonds. The summed E-state index contributed by atoms with van der Waals surface area (Å²) < 4.78 is 14.5. The topological polar surface area (TPSA) is 21.7 Å². The Hall–Kier alpha value is 0.0969. The van der Waals surface area contributed by atoms with Gasteiger partial charge in [-0.25, -0.2) is 0 Å². The van der Waals surface area contributed by atoms with E-state index < -0.39 is 8.72 Å². The molecule has 0 aromatic rings. The standard InChI is InChI=1S/C11H23NO2Si/c1-3-10-15(13-2)12-8-5-4-6-11(12)7-9-14-15/h11H,3-10H2,1-2H3. The first-order chi connectivity index (χ1) is 7.32. The molecule has 2 aliphatic rings. The molecule has 4 heteroatoms. The predicted octanol–water partition coefficient (Wildman–Crippen LogP) is 2.26. The third-order valence-electron chi connectivity index (χ3n) is 3.73. The van der Waals surface area contributed by atoms with Crippen LogP contribution in [0, 0.1) is 0 Å². The SMILES string of the molecule is CCC[Si]1(OC)OCCC2CCCCN21. The Labute approximate surface area is 94.1 Å². The minimum atomic E-state index is -1.99. The van der Waals surface area contributed by atoms with Crippen LogP contribution in [0.5, 0.6) is 0 Å². The summed E-state index contributed by atoms with van der Waals surface area (Å²) in [6, 6.07) is 1.88. The van der Waals surface area contributed by atoms with Gasteiger partial charge in [0.1, 0.15) is 0 Å². The lowest BCUT2D eigenvalue weighted by molar-refractivity contribution is 0.0444. The van der Waals surface area contributed by atoms with Gasteiger partial charge in [0.2, 0.25) is 0 Å². The van der Waals surface area contributed by atoms with Crippen molar-refractivity contribution in [2.45, 2.75) is 51.1 Å². The van der Waals surface area contributed by atoms with Crippen LogP contribution in [0.25, 0.3) is 0 Å². The van der Waals surface area contributed by atoms with E-state index >= 15 is 0 Å². The number of nitrogens with zero attached hydrogens (tertiary/aromatic N) is 1. The number of hydrogen-bond acceptors (Lipinski definition) is 3. The maximum absolute atomic E-state index is 6.07. The summed E-state index contributed by atoms with van der Waals surface area (Å²) in [5.74, 6) is 0. The van der Waals surface area contributed by atoms with E-state index in [9.17, 15) is 0 Å². The van der Waals surface area contributed by atoms with Gasteiger partial charge in [0.25, 0.3) is 0 Å². The maximum Gasteiger partial charge on any atom is 0.427 e. The second-order valence-corrected chi connectivity index (χ2v) is 7.84. The highest BCUT2D eigenvalue weighted by Crippen LogP contribution is 2.33. The average Bonchev–Trinajstić information content (AvgIpc) is 2.30. The summed E-state index contributed by atoms with van der Waals surface area (Å²) in [5, 5.41) is 0. The molecule has 2 atom stereocenters. The van der Waals surface area contributed by atoms with Crippen LogP contribution in [-0.4, -0.2) is 39.6 Å². The predicted molar refractivity (Wildman–Crippen MR) is 62.8 cm³/mol. The lowest BCUT2D eigenvalue weighted by Crippen LogP contribution is -2.66. The van der Waals surface area contributed by atoms with Gasteiger partial charge in [0.05, 0.1) is 0 Å². The van der Waals surface area contributed by atoms with Gasteiger partial charge in [-0.05, 0) is 25.8 Å². The zero-order chi connectivity index (χ0) is 10.7. The molecule has 15 heavy (non-hydrogen) atoms. The molecule has 0 spiro atoms. The number of piperidine rings is 1. The van der Waals surface area contributed by atoms with Gasteiger partial charge in [0.15, 0.2) is 0 Å². The Balaban J connectivity index is 2.13. The van der Waals surface area contributed by atoms with Gasteiger partial charge in [-0.3, -0.25) is 4.57 Å². The van der Waals surface area contributed by atoms with Gasteiger partial charge in [0, 0.05) is 25.8 Å². The van der Waals surface area contributed by atoms with Crippen molar-refractivity contribution >= 4 is 8.72 Å². The first-order valence-electron chi connectivity index (χ1n) is 6.28. The molecular weight excluding hydrogens is 206 g/mol. The molecule has 0 N–H and O–H groups in total. The summed E-state index contributed by atoms with van der Waals surface area (Å²) in [6.07, 6.45) is 6.44. The fourth-order valence-corrected chi connectivity index (χ4v) is 6.53. The van der Waals surface area contributed by atoms with Gasteiger partial charge < -0.3 is 8.85 Å². The van der Waals surface area contributed by atoms with E-state index in [0.29, 0.717) is 0 Å². The van der Waals surface area contributed by atoms with Crippen LogP contribution in [0.4, 0.5) is 0 Å². The quantitative estimate of drug-likeness (QED) is 0.693. The summed E-state index contributed by atoms with van der Waals surface area (Å²) in [6.45, 7) is 4.34. The van der Waals surface area contributed by atoms with Crippen LogP contribution in [-0.2, 0) is 8.85 Å². The van der Waals surface area contributed by atoms with Crippen LogP contribution in [0.3, 0.4) is 0 Å². The molecule has 88 valence electrons. The molecule has 0 radical (unpaired) electrons. The van der Waals surface area contributed by atoms with E-state index in [0.717, 1.165) is 18.7 Å². The van der Waals surface area contributed by atoms with Crippen molar-refractivity contribution in [2.24, 2.45) is 0 Å². The molecule has 0 bridgehead atoms. The molecule has 0 aromatic carbocycles. The second kappa shape index (κ2) is 4.95. The molecule has 0 saturated carbocycles. The highest BCUT2D eigenvalue weighted by molar-refractivity contribution is 6.64. The van der Waals surface area contributed by atoms with Gasteiger partial charge in [-0.1, -0.05) is 19.8 Å². The normalized spacial score (nSPS) is 37.6. The lowest BCUT2D eigenvalue weighted by Gasteiger charge is -2.49. The number of fused-ring (bicyclic) bond motifs is 1. The van der Waals surface area contributed by atoms with Crippen molar-refractivity contribution in [3.05, 3.63) is 0 Å². The van der Waals surface area contributed by atoms with Gasteiger partial charge >= 0.3 is 8.72 Å². The van der Waals surface area contributed by atoms with Gasteiger partial charge in [-0.2, -0.15) is 0 Å². The minimum absolute atomic E-state index is 0.755. The third-order valence-corrected chi connectivity index (χ3v) is 7.62. The third kappa shape index (κ3) is 2.13. The van der Waals surface area contributed by atoms with Crippen LogP contribution in [0.2, 0.25) is 6.04 Å². The Bertz CT molecular complexity index is 209. The summed E-state index contributed by atoms with van der Waals surface area (Å²) in [5.41, 5.74) is 0. The molecule has 3 nitrogen and oxygen atoms in total. The van der Waals surface area contributed by atoms with Crippen LogP contribution < -0.4 is 0 Å². The fourth-order valence-electron chi connectivity index (χ4n) is 3.00. The van der Waals surface area contributed by atoms with E-state index in [-0.39, 0.29) is 0 Å². The molecular formula is C11H23NO2Si. The smallest absolute Gasteiger partial charge is 0.386 e. The molecule has 2 saturated heterocycles. The Kier molecular flexibility index (Phi) is 3.82. The second-order valence-electron chi connectivity index (χ2n) is 4.65. The monoisotopic (exact) mass is 229 g/mol.